The fourth-order valence-electron chi connectivity index (χ4n) is 3.32. The number of nitrogens with two attached hydrogens (primary N) is 2. The monoisotopic (exact) mass is 349 g/mol. The lowest BCUT2D eigenvalue weighted by molar-refractivity contribution is 0.0993. The van der Waals surface area contributed by atoms with Gasteiger partial charge in [-0.05, 0) is 31.4 Å². The first-order valence-corrected chi connectivity index (χ1v) is 7.75. The molecule has 1 aromatic carbocycles. The minimum atomic E-state index is -1.30. The van der Waals surface area contributed by atoms with E-state index in [-0.39, 0.29) is 17.5 Å². The summed E-state index contributed by atoms with van der Waals surface area (Å²) >= 11 is 0. The van der Waals surface area contributed by atoms with E-state index in [4.69, 9.17) is 16.2 Å². The number of rotatable bonds is 3. The van der Waals surface area contributed by atoms with Crippen LogP contribution in [0.25, 0.3) is 16.5 Å². The van der Waals surface area contributed by atoms with E-state index in [2.05, 4.69) is 4.98 Å². The Hall–Kier alpha value is -2.90. The van der Waals surface area contributed by atoms with Crippen molar-refractivity contribution in [1.29, 1.82) is 0 Å². The van der Waals surface area contributed by atoms with Crippen molar-refractivity contribution in [1.82, 2.24) is 4.98 Å². The number of H-pyrrole nitrogens is 1. The second kappa shape index (κ2) is 6.19. The van der Waals surface area contributed by atoms with E-state index in [1.54, 1.807) is 19.1 Å². The minimum absolute atomic E-state index is 0.0413. The molecule has 8 heteroatoms. The fraction of sp³-hybridized carbons (Fsp3) is 0.294. The highest BCUT2D eigenvalue weighted by atomic mass is 19.2. The molecule has 1 atom stereocenters. The Morgan fingerprint density at radius 1 is 1.28 bits per heavy atom. The smallest absolute Gasteiger partial charge is 0.404 e. The number of aryl methyl sites for hydroxylation is 1. The number of amides is 2. The standard InChI is InChI=1S/C17H17F2N3O3/c1-7-5-10-11(8-3-2-4-9(6-8)25-17(21)24)13(18)14(19)12(16(20)23)15(10)22-7/h3,5,9,22H,2,4,6H2,1H3,(H2,20,23)(H2,21,24). The number of fused-ring (bicyclic) bond motifs is 1. The third-order valence-electron chi connectivity index (χ3n) is 4.28. The molecule has 2 aromatic rings. The van der Waals surface area contributed by atoms with E-state index in [1.165, 1.54) is 0 Å². The highest BCUT2D eigenvalue weighted by Gasteiger charge is 2.28. The van der Waals surface area contributed by atoms with Gasteiger partial charge >= 0.3 is 6.09 Å². The van der Waals surface area contributed by atoms with Crippen LogP contribution in [0.15, 0.2) is 12.1 Å². The SMILES string of the molecule is Cc1cc2c(C3=CCCC(OC(N)=O)C3)c(F)c(F)c(C(N)=O)c2[nH]1. The molecule has 0 radical (unpaired) electrons. The van der Waals surface area contributed by atoms with E-state index in [9.17, 15) is 18.4 Å². The van der Waals surface area contributed by atoms with Gasteiger partial charge in [-0.1, -0.05) is 6.08 Å². The van der Waals surface area contributed by atoms with Crippen LogP contribution in [-0.4, -0.2) is 23.1 Å². The summed E-state index contributed by atoms with van der Waals surface area (Å²) in [7, 11) is 0. The number of hydrogen-bond donors (Lipinski definition) is 3. The first-order chi connectivity index (χ1) is 11.8. The average Bonchev–Trinajstić information content (AvgIpc) is 2.88. The number of carbonyl (C=O) groups is 2. The van der Waals surface area contributed by atoms with Crippen LogP contribution in [0.4, 0.5) is 13.6 Å². The lowest BCUT2D eigenvalue weighted by Crippen LogP contribution is -2.25. The van der Waals surface area contributed by atoms with Crippen molar-refractivity contribution >= 4 is 28.5 Å². The normalized spacial score (nSPS) is 17.4. The predicted octanol–water partition coefficient (Wildman–Crippen LogP) is 2.88. The third kappa shape index (κ3) is 2.95. The minimum Gasteiger partial charge on any atom is -0.446 e. The number of carbonyl (C=O) groups excluding carboxylic acids is 2. The summed E-state index contributed by atoms with van der Waals surface area (Å²) in [5.74, 6) is -3.50. The highest BCUT2D eigenvalue weighted by Crippen LogP contribution is 2.38. The van der Waals surface area contributed by atoms with Gasteiger partial charge in [-0.3, -0.25) is 4.79 Å². The molecule has 1 heterocycles. The van der Waals surface area contributed by atoms with Crippen molar-refractivity contribution in [3.05, 3.63) is 40.6 Å². The second-order valence-corrected chi connectivity index (χ2v) is 6.05. The van der Waals surface area contributed by atoms with Crippen molar-refractivity contribution in [3.8, 4) is 0 Å². The summed E-state index contributed by atoms with van der Waals surface area (Å²) in [6.45, 7) is 1.71. The van der Waals surface area contributed by atoms with Gasteiger partial charge in [0, 0.05) is 23.1 Å². The first kappa shape index (κ1) is 16.9. The summed E-state index contributed by atoms with van der Waals surface area (Å²) in [5, 5.41) is 0.358. The van der Waals surface area contributed by atoms with Crippen LogP contribution in [0.1, 0.15) is 40.9 Å². The quantitative estimate of drug-likeness (QED) is 0.792. The topological polar surface area (TPSA) is 111 Å². The van der Waals surface area contributed by atoms with Crippen LogP contribution in [-0.2, 0) is 4.74 Å². The molecule has 0 saturated heterocycles. The lowest BCUT2D eigenvalue weighted by atomic mass is 9.88. The van der Waals surface area contributed by atoms with Gasteiger partial charge in [0.25, 0.3) is 5.91 Å². The number of primary amides is 2. The highest BCUT2D eigenvalue weighted by molar-refractivity contribution is 6.08. The van der Waals surface area contributed by atoms with Gasteiger partial charge < -0.3 is 21.2 Å². The molecular weight excluding hydrogens is 332 g/mol. The fourth-order valence-corrected chi connectivity index (χ4v) is 3.32. The second-order valence-electron chi connectivity index (χ2n) is 6.05. The van der Waals surface area contributed by atoms with Crippen molar-refractivity contribution in [3.63, 3.8) is 0 Å². The van der Waals surface area contributed by atoms with Crippen molar-refractivity contribution in [2.45, 2.75) is 32.3 Å². The Kier molecular flexibility index (Phi) is 4.20. The molecule has 132 valence electrons. The van der Waals surface area contributed by atoms with Gasteiger partial charge in [0.1, 0.15) is 11.7 Å². The van der Waals surface area contributed by atoms with Crippen LogP contribution < -0.4 is 11.5 Å². The molecule has 0 fully saturated rings. The molecule has 3 rings (SSSR count). The number of halogens is 2. The van der Waals surface area contributed by atoms with E-state index in [0.717, 1.165) is 0 Å². The molecule has 0 spiro atoms. The Labute approximate surface area is 141 Å². The van der Waals surface area contributed by atoms with Gasteiger partial charge in [-0.2, -0.15) is 0 Å². The Balaban J connectivity index is 2.18. The number of nitrogens with one attached hydrogen (secondary N) is 1. The molecule has 0 bridgehead atoms. The number of hydrogen-bond acceptors (Lipinski definition) is 3. The number of aromatic amines is 1. The van der Waals surface area contributed by atoms with Gasteiger partial charge in [-0.15, -0.1) is 0 Å². The molecule has 1 unspecified atom stereocenters. The lowest BCUT2D eigenvalue weighted by Gasteiger charge is -2.23. The van der Waals surface area contributed by atoms with Crippen LogP contribution in [0.3, 0.4) is 0 Å². The molecule has 1 aromatic heterocycles. The molecule has 1 aliphatic rings. The largest absolute Gasteiger partial charge is 0.446 e. The average molecular weight is 349 g/mol. The first-order valence-electron chi connectivity index (χ1n) is 7.75. The Morgan fingerprint density at radius 3 is 2.64 bits per heavy atom. The van der Waals surface area contributed by atoms with Gasteiger partial charge in [0.2, 0.25) is 0 Å². The molecule has 5 N–H and O–H groups in total. The van der Waals surface area contributed by atoms with Crippen LogP contribution in [0.2, 0.25) is 0 Å². The molecule has 1 aliphatic carbocycles. The zero-order valence-electron chi connectivity index (χ0n) is 13.5. The van der Waals surface area contributed by atoms with E-state index >= 15 is 0 Å². The van der Waals surface area contributed by atoms with Crippen molar-refractivity contribution in [2.75, 3.05) is 0 Å². The van der Waals surface area contributed by atoms with Gasteiger partial charge in [0.05, 0.1) is 5.52 Å². The van der Waals surface area contributed by atoms with Crippen LogP contribution >= 0.6 is 0 Å². The Bertz CT molecular complexity index is 918. The number of allylic oxidation sites excluding steroid dienone is 1. The van der Waals surface area contributed by atoms with Gasteiger partial charge in [0.15, 0.2) is 11.6 Å². The van der Waals surface area contributed by atoms with Crippen molar-refractivity contribution < 1.29 is 23.1 Å². The maximum Gasteiger partial charge on any atom is 0.404 e. The summed E-state index contributed by atoms with van der Waals surface area (Å²) < 4.78 is 34.2. The zero-order valence-corrected chi connectivity index (χ0v) is 13.5. The van der Waals surface area contributed by atoms with E-state index in [1.807, 2.05) is 0 Å². The number of ether oxygens (including phenoxy) is 1. The predicted molar refractivity (Wildman–Crippen MR) is 87.8 cm³/mol. The maximum atomic E-state index is 14.8. The molecule has 0 aliphatic heterocycles. The molecule has 0 saturated carbocycles. The zero-order chi connectivity index (χ0) is 18.3. The molecular formula is C17H17F2N3O3. The maximum absolute atomic E-state index is 14.8. The summed E-state index contributed by atoms with van der Waals surface area (Å²) in [6, 6.07) is 1.62. The van der Waals surface area contributed by atoms with Crippen molar-refractivity contribution in [2.24, 2.45) is 11.5 Å². The van der Waals surface area contributed by atoms with Gasteiger partial charge in [-0.25, -0.2) is 13.6 Å². The molecule has 6 nitrogen and oxygen atoms in total. The van der Waals surface area contributed by atoms with E-state index < -0.39 is 35.3 Å². The Morgan fingerprint density at radius 2 is 2.00 bits per heavy atom. The van der Waals surface area contributed by atoms with Crippen LogP contribution in [0, 0.1) is 18.6 Å². The van der Waals surface area contributed by atoms with E-state index in [0.29, 0.717) is 29.5 Å². The third-order valence-corrected chi connectivity index (χ3v) is 4.28. The number of aromatic nitrogens is 1. The number of benzene rings is 1. The van der Waals surface area contributed by atoms with Crippen LogP contribution in [0.5, 0.6) is 0 Å². The summed E-state index contributed by atoms with van der Waals surface area (Å²) in [5.41, 5.74) is 11.1. The molecule has 2 amide bonds. The molecule has 25 heavy (non-hydrogen) atoms. The summed E-state index contributed by atoms with van der Waals surface area (Å²) in [4.78, 5) is 25.4. The summed E-state index contributed by atoms with van der Waals surface area (Å²) in [6.07, 6.45) is 1.62.